The van der Waals surface area contributed by atoms with E-state index in [0.29, 0.717) is 11.4 Å². The maximum atomic E-state index is 12.8. The second-order valence-electron chi connectivity index (χ2n) is 8.95. The molecule has 0 bridgehead atoms. The highest BCUT2D eigenvalue weighted by Gasteiger charge is 2.23. The molecule has 0 aliphatic carbocycles. The molecule has 0 radical (unpaired) electrons. The van der Waals surface area contributed by atoms with Gasteiger partial charge >= 0.3 is 0 Å². The van der Waals surface area contributed by atoms with Gasteiger partial charge < -0.3 is 39.7 Å². The third-order valence-electron chi connectivity index (χ3n) is 5.71. The lowest BCUT2D eigenvalue weighted by molar-refractivity contribution is 0.0929. The van der Waals surface area contributed by atoms with Crippen molar-refractivity contribution in [1.82, 2.24) is 28.7 Å². The molecule has 5 N–H and O–H groups in total. The number of Topliss-reactive ketones (excluding diaryl/α,β-unsaturated/α-hetero) is 1. The Morgan fingerprint density at radius 3 is 2.29 bits per heavy atom. The normalized spacial score (nSPS) is 11.0. The summed E-state index contributed by atoms with van der Waals surface area (Å²) in [6.07, 6.45) is 7.39. The van der Waals surface area contributed by atoms with Gasteiger partial charge in [0, 0.05) is 58.0 Å². The van der Waals surface area contributed by atoms with Crippen LogP contribution in [0.15, 0.2) is 37.1 Å². The third kappa shape index (κ3) is 5.04. The summed E-state index contributed by atoms with van der Waals surface area (Å²) in [6, 6.07) is 1.55. The van der Waals surface area contributed by atoms with E-state index in [2.05, 4.69) is 30.9 Å². The molecule has 0 unspecified atom stereocenters. The lowest BCUT2D eigenvalue weighted by Gasteiger charge is -2.04. The fourth-order valence-corrected chi connectivity index (χ4v) is 3.72. The van der Waals surface area contributed by atoms with Crippen molar-refractivity contribution in [2.24, 2.45) is 27.1 Å². The Morgan fingerprint density at radius 1 is 0.921 bits per heavy atom. The average molecular weight is 522 g/mol. The van der Waals surface area contributed by atoms with Crippen molar-refractivity contribution in [3.05, 3.63) is 60.1 Å². The van der Waals surface area contributed by atoms with E-state index in [0.717, 1.165) is 0 Å². The lowest BCUT2D eigenvalue weighted by atomic mass is 10.1. The molecule has 4 heterocycles. The standard InChI is InChI=1S/C24H27N9O5/c1-12(2)18(34)15-8-13(10-32(15)4)27-22(36)17-19(35)14(9-26-17)28-24(38)21-29-16(11-33(21)5)30-23(37)20-25-6-7-31(20)3/h6-12,26,35H,1-5H3,(H,27,36)(H,28,38)(H,30,37). The van der Waals surface area contributed by atoms with Crippen LogP contribution in [0.25, 0.3) is 0 Å². The first kappa shape index (κ1) is 25.9. The number of carbonyl (C=O) groups is 4. The Kier molecular flexibility index (Phi) is 6.88. The smallest absolute Gasteiger partial charge is 0.292 e. The Labute approximate surface area is 216 Å². The summed E-state index contributed by atoms with van der Waals surface area (Å²) >= 11 is 0. The number of carbonyl (C=O) groups excluding carboxylic acids is 4. The summed E-state index contributed by atoms with van der Waals surface area (Å²) in [5, 5.41) is 18.2. The zero-order valence-corrected chi connectivity index (χ0v) is 21.4. The van der Waals surface area contributed by atoms with Crippen LogP contribution in [0.1, 0.15) is 56.1 Å². The quantitative estimate of drug-likeness (QED) is 0.220. The lowest BCUT2D eigenvalue weighted by Crippen LogP contribution is -2.18. The number of ketones is 1. The molecule has 0 aromatic carbocycles. The van der Waals surface area contributed by atoms with Crippen LogP contribution in [-0.2, 0) is 21.1 Å². The zero-order chi connectivity index (χ0) is 27.7. The van der Waals surface area contributed by atoms with Gasteiger partial charge in [-0.2, -0.15) is 0 Å². The number of hydrogen-bond acceptors (Lipinski definition) is 7. The summed E-state index contributed by atoms with van der Waals surface area (Å²) in [7, 11) is 4.92. The number of rotatable bonds is 8. The van der Waals surface area contributed by atoms with E-state index in [1.165, 1.54) is 27.7 Å². The van der Waals surface area contributed by atoms with Crippen LogP contribution in [0.4, 0.5) is 17.2 Å². The van der Waals surface area contributed by atoms with Gasteiger partial charge in [0.15, 0.2) is 23.2 Å². The van der Waals surface area contributed by atoms with Crippen LogP contribution in [-0.4, -0.2) is 57.3 Å². The molecular weight excluding hydrogens is 494 g/mol. The highest BCUT2D eigenvalue weighted by Crippen LogP contribution is 2.29. The van der Waals surface area contributed by atoms with Crippen molar-refractivity contribution in [2.75, 3.05) is 16.0 Å². The molecule has 38 heavy (non-hydrogen) atoms. The van der Waals surface area contributed by atoms with Gasteiger partial charge in [-0.1, -0.05) is 13.8 Å². The molecular formula is C24H27N9O5. The number of H-pyrrole nitrogens is 1. The van der Waals surface area contributed by atoms with E-state index in [-0.39, 0.29) is 40.5 Å². The van der Waals surface area contributed by atoms with Gasteiger partial charge in [-0.05, 0) is 6.07 Å². The number of imidazole rings is 2. The van der Waals surface area contributed by atoms with Crippen LogP contribution in [0, 0.1) is 5.92 Å². The second-order valence-corrected chi connectivity index (χ2v) is 8.95. The van der Waals surface area contributed by atoms with Crippen molar-refractivity contribution in [1.29, 1.82) is 0 Å². The van der Waals surface area contributed by atoms with E-state index in [9.17, 15) is 24.3 Å². The van der Waals surface area contributed by atoms with Crippen LogP contribution >= 0.6 is 0 Å². The van der Waals surface area contributed by atoms with Crippen molar-refractivity contribution < 1.29 is 24.3 Å². The van der Waals surface area contributed by atoms with E-state index in [4.69, 9.17) is 0 Å². The predicted molar refractivity (Wildman–Crippen MR) is 137 cm³/mol. The molecule has 0 atom stereocenters. The van der Waals surface area contributed by atoms with Gasteiger partial charge in [0.05, 0.1) is 11.4 Å². The van der Waals surface area contributed by atoms with Gasteiger partial charge in [0.1, 0.15) is 11.4 Å². The van der Waals surface area contributed by atoms with Crippen LogP contribution in [0.3, 0.4) is 0 Å². The minimum absolute atomic E-state index is 0.0505. The average Bonchev–Trinajstić information content (AvgIpc) is 3.61. The molecule has 14 nitrogen and oxygen atoms in total. The van der Waals surface area contributed by atoms with Crippen LogP contribution in [0.5, 0.6) is 5.75 Å². The maximum Gasteiger partial charge on any atom is 0.292 e. The number of aromatic nitrogens is 6. The molecule has 4 aromatic heterocycles. The van der Waals surface area contributed by atoms with Gasteiger partial charge in [0.2, 0.25) is 5.82 Å². The van der Waals surface area contributed by atoms with Crippen molar-refractivity contribution >= 4 is 40.7 Å². The number of nitrogens with zero attached hydrogens (tertiary/aromatic N) is 5. The van der Waals surface area contributed by atoms with E-state index < -0.39 is 23.5 Å². The Balaban J connectivity index is 1.44. The monoisotopic (exact) mass is 521 g/mol. The molecule has 4 aromatic rings. The van der Waals surface area contributed by atoms with E-state index >= 15 is 0 Å². The third-order valence-corrected chi connectivity index (χ3v) is 5.71. The molecule has 4 rings (SSSR count). The van der Waals surface area contributed by atoms with Crippen LogP contribution < -0.4 is 16.0 Å². The molecule has 0 aliphatic heterocycles. The Hall–Kier alpha value is -5.14. The number of nitrogens with one attached hydrogen (secondary N) is 4. The van der Waals surface area contributed by atoms with Gasteiger partial charge in [-0.3, -0.25) is 19.2 Å². The molecule has 0 saturated heterocycles. The number of anilines is 3. The first-order valence-corrected chi connectivity index (χ1v) is 11.5. The van der Waals surface area contributed by atoms with Crippen molar-refractivity contribution in [2.45, 2.75) is 13.8 Å². The Bertz CT molecular complexity index is 1550. The first-order valence-electron chi connectivity index (χ1n) is 11.5. The van der Waals surface area contributed by atoms with E-state index in [1.807, 2.05) is 0 Å². The summed E-state index contributed by atoms with van der Waals surface area (Å²) in [5.41, 5.74) is 0.563. The zero-order valence-electron chi connectivity index (χ0n) is 21.4. The molecule has 0 spiro atoms. The molecule has 0 saturated carbocycles. The maximum absolute atomic E-state index is 12.8. The second kappa shape index (κ2) is 10.1. The SMILES string of the molecule is CC(C)C(=O)c1cc(NC(=O)c2[nH]cc(NC(=O)c3nc(NC(=O)c4nccn4C)cn3C)c2O)cn1C. The molecule has 3 amide bonds. The fraction of sp³-hybridized carbons (Fsp3) is 0.250. The highest BCUT2D eigenvalue weighted by atomic mass is 16.3. The van der Waals surface area contributed by atoms with Crippen LogP contribution in [0.2, 0.25) is 0 Å². The fourth-order valence-electron chi connectivity index (χ4n) is 3.72. The number of amides is 3. The van der Waals surface area contributed by atoms with Crippen molar-refractivity contribution in [3.63, 3.8) is 0 Å². The predicted octanol–water partition coefficient (Wildman–Crippen LogP) is 2.12. The minimum Gasteiger partial charge on any atom is -0.504 e. The first-order chi connectivity index (χ1) is 18.0. The summed E-state index contributed by atoms with van der Waals surface area (Å²) in [6.45, 7) is 3.56. The number of aryl methyl sites for hydroxylation is 3. The summed E-state index contributed by atoms with van der Waals surface area (Å²) in [5.74, 6) is -2.39. The van der Waals surface area contributed by atoms with E-state index in [1.54, 1.807) is 58.0 Å². The van der Waals surface area contributed by atoms with Gasteiger partial charge in [0.25, 0.3) is 17.7 Å². The molecule has 198 valence electrons. The largest absolute Gasteiger partial charge is 0.504 e. The molecule has 0 aliphatic rings. The van der Waals surface area contributed by atoms with Gasteiger partial charge in [-0.25, -0.2) is 9.97 Å². The molecule has 0 fully saturated rings. The number of aromatic hydroxyl groups is 1. The van der Waals surface area contributed by atoms with Crippen molar-refractivity contribution in [3.8, 4) is 5.75 Å². The Morgan fingerprint density at radius 2 is 1.63 bits per heavy atom. The molecule has 14 heteroatoms. The topological polar surface area (TPSA) is 181 Å². The van der Waals surface area contributed by atoms with Gasteiger partial charge in [-0.15, -0.1) is 0 Å². The number of hydrogen-bond donors (Lipinski definition) is 5. The number of aromatic amines is 1. The highest BCUT2D eigenvalue weighted by molar-refractivity contribution is 6.09. The summed E-state index contributed by atoms with van der Waals surface area (Å²) < 4.78 is 4.54. The minimum atomic E-state index is -0.689. The summed E-state index contributed by atoms with van der Waals surface area (Å²) in [4.78, 5) is 61.0.